The number of ether oxygens (including phenoxy) is 2. The molecule has 10 heteroatoms. The van der Waals surface area contributed by atoms with Crippen molar-refractivity contribution in [3.63, 3.8) is 0 Å². The summed E-state index contributed by atoms with van der Waals surface area (Å²) < 4.78 is 41.9. The van der Waals surface area contributed by atoms with Gasteiger partial charge in [-0.1, -0.05) is 13.8 Å². The molecule has 1 atom stereocenters. The fourth-order valence-corrected chi connectivity index (χ4v) is 5.45. The van der Waals surface area contributed by atoms with Crippen LogP contribution in [0.4, 0.5) is 0 Å². The molecule has 1 saturated heterocycles. The predicted octanol–water partition coefficient (Wildman–Crippen LogP) is 2.99. The van der Waals surface area contributed by atoms with Crippen molar-refractivity contribution in [3.05, 3.63) is 23.0 Å². The molecule has 160 valence electrons. The van der Waals surface area contributed by atoms with Gasteiger partial charge in [0, 0.05) is 18.7 Å². The normalized spacial score (nSPS) is 18.5. The van der Waals surface area contributed by atoms with Crippen LogP contribution in [0.2, 0.25) is 0 Å². The van der Waals surface area contributed by atoms with Crippen molar-refractivity contribution in [1.82, 2.24) is 14.7 Å². The van der Waals surface area contributed by atoms with Crippen molar-refractivity contribution >= 4 is 22.1 Å². The van der Waals surface area contributed by atoms with Crippen LogP contribution in [0, 0.1) is 10.8 Å². The van der Waals surface area contributed by atoms with Gasteiger partial charge in [0.25, 0.3) is 10.7 Å². The Morgan fingerprint density at radius 3 is 2.69 bits per heavy atom. The molecule has 1 aliphatic rings. The zero-order valence-electron chi connectivity index (χ0n) is 17.1. The van der Waals surface area contributed by atoms with Crippen LogP contribution in [0.25, 0.3) is 11.5 Å². The van der Waals surface area contributed by atoms with Crippen molar-refractivity contribution in [3.8, 4) is 23.0 Å². The number of hydrogen-bond acceptors (Lipinski definition) is 8. The van der Waals surface area contributed by atoms with Crippen molar-refractivity contribution < 1.29 is 22.3 Å². The Morgan fingerprint density at radius 2 is 2.10 bits per heavy atom. The monoisotopic (exact) mass is 441 g/mol. The van der Waals surface area contributed by atoms with Gasteiger partial charge in [-0.05, 0) is 36.7 Å². The van der Waals surface area contributed by atoms with E-state index in [4.69, 9.17) is 26.1 Å². The number of aromatic nitrogens is 2. The number of sulfone groups is 1. The van der Waals surface area contributed by atoms with Gasteiger partial charge in [0.15, 0.2) is 9.84 Å². The number of benzene rings is 1. The van der Waals surface area contributed by atoms with Gasteiger partial charge in [-0.25, -0.2) is 13.1 Å². The van der Waals surface area contributed by atoms with E-state index < -0.39 is 9.84 Å². The molecular formula is C19H27N3O5S2. The highest BCUT2D eigenvalue weighted by Gasteiger charge is 2.33. The number of rotatable bonds is 8. The van der Waals surface area contributed by atoms with E-state index in [2.05, 4.69) is 23.8 Å². The molecule has 2 aromatic rings. The van der Waals surface area contributed by atoms with Crippen molar-refractivity contribution in [2.45, 2.75) is 33.0 Å². The van der Waals surface area contributed by atoms with E-state index in [1.165, 1.54) is 0 Å². The number of nitrogens with zero attached hydrogens (tertiary/aromatic N) is 3. The standard InChI is InChI=1S/C19H27N3O5S2/c1-13(2)10-21(14-7-8-29(23,24)11-14)12-22-19(28)27-18(20-22)16-6-5-15(25-3)9-17(16)26-4/h5-6,9,13-14H,7-8,10-12H2,1-4H3. The third-order valence-corrected chi connectivity index (χ3v) is 6.93. The first-order chi connectivity index (χ1) is 13.7. The highest BCUT2D eigenvalue weighted by molar-refractivity contribution is 7.91. The lowest BCUT2D eigenvalue weighted by molar-refractivity contribution is 0.136. The molecule has 1 aromatic heterocycles. The van der Waals surface area contributed by atoms with Gasteiger partial charge >= 0.3 is 0 Å². The fraction of sp³-hybridized carbons (Fsp3) is 0.579. The summed E-state index contributed by atoms with van der Waals surface area (Å²) in [6.45, 7) is 5.33. The second kappa shape index (κ2) is 8.85. The van der Waals surface area contributed by atoms with E-state index in [0.717, 1.165) is 6.54 Å². The predicted molar refractivity (Wildman–Crippen MR) is 112 cm³/mol. The van der Waals surface area contributed by atoms with Crippen molar-refractivity contribution in [1.29, 1.82) is 0 Å². The van der Waals surface area contributed by atoms with E-state index in [0.29, 0.717) is 42.0 Å². The number of hydrogen-bond donors (Lipinski definition) is 0. The second-order valence-electron chi connectivity index (χ2n) is 7.60. The summed E-state index contributed by atoms with van der Waals surface area (Å²) >= 11 is 5.38. The first-order valence-corrected chi connectivity index (χ1v) is 11.7. The van der Waals surface area contributed by atoms with Crippen LogP contribution < -0.4 is 9.47 Å². The fourth-order valence-electron chi connectivity index (χ4n) is 3.51. The highest BCUT2D eigenvalue weighted by Crippen LogP contribution is 2.32. The van der Waals surface area contributed by atoms with E-state index >= 15 is 0 Å². The molecule has 0 spiro atoms. The van der Waals surface area contributed by atoms with E-state index in [-0.39, 0.29) is 22.4 Å². The third kappa shape index (κ3) is 5.18. The summed E-state index contributed by atoms with van der Waals surface area (Å²) in [5.41, 5.74) is 0.664. The zero-order chi connectivity index (χ0) is 21.2. The Labute approximate surface area is 176 Å². The van der Waals surface area contributed by atoms with Crippen LogP contribution in [0.3, 0.4) is 0 Å². The van der Waals surface area contributed by atoms with Crippen LogP contribution in [-0.4, -0.2) is 61.4 Å². The maximum absolute atomic E-state index is 12.0. The SMILES string of the molecule is COc1ccc(-c2nn(CN(CC(C)C)C3CCS(=O)(=O)C3)c(=S)o2)c(OC)c1. The van der Waals surface area contributed by atoms with Crippen LogP contribution in [0.15, 0.2) is 22.6 Å². The molecule has 0 aliphatic carbocycles. The topological polar surface area (TPSA) is 86.8 Å². The molecule has 8 nitrogen and oxygen atoms in total. The van der Waals surface area contributed by atoms with Gasteiger partial charge in [0.2, 0.25) is 0 Å². The lowest BCUT2D eigenvalue weighted by atomic mass is 10.1. The number of methoxy groups -OCH3 is 2. The molecule has 2 heterocycles. The molecule has 0 saturated carbocycles. The molecule has 1 fully saturated rings. The molecule has 29 heavy (non-hydrogen) atoms. The molecule has 0 amide bonds. The molecule has 0 radical (unpaired) electrons. The zero-order valence-corrected chi connectivity index (χ0v) is 18.8. The Bertz CT molecular complexity index is 1010. The Hall–Kier alpha value is -1.91. The maximum Gasteiger partial charge on any atom is 0.288 e. The summed E-state index contributed by atoms with van der Waals surface area (Å²) in [5.74, 6) is 2.34. The van der Waals surface area contributed by atoms with E-state index in [9.17, 15) is 8.42 Å². The minimum atomic E-state index is -2.98. The van der Waals surface area contributed by atoms with Gasteiger partial charge < -0.3 is 13.9 Å². The van der Waals surface area contributed by atoms with Crippen LogP contribution in [0.1, 0.15) is 20.3 Å². The largest absolute Gasteiger partial charge is 0.497 e. The Balaban J connectivity index is 1.88. The summed E-state index contributed by atoms with van der Waals surface area (Å²) in [4.78, 5) is 2.36. The minimum Gasteiger partial charge on any atom is -0.497 e. The third-order valence-electron chi connectivity index (χ3n) is 4.89. The Morgan fingerprint density at radius 1 is 1.34 bits per heavy atom. The van der Waals surface area contributed by atoms with Crippen LogP contribution in [0.5, 0.6) is 11.5 Å². The van der Waals surface area contributed by atoms with E-state index in [1.54, 1.807) is 37.1 Å². The summed E-state index contributed by atoms with van der Waals surface area (Å²) in [7, 11) is 0.168. The second-order valence-corrected chi connectivity index (χ2v) is 10.2. The molecule has 0 bridgehead atoms. The van der Waals surface area contributed by atoms with Gasteiger partial charge in [0.05, 0.1) is 38.0 Å². The molecular weight excluding hydrogens is 414 g/mol. The van der Waals surface area contributed by atoms with Crippen molar-refractivity contribution in [2.75, 3.05) is 32.3 Å². The first kappa shape index (κ1) is 21.8. The summed E-state index contributed by atoms with van der Waals surface area (Å²) in [6, 6.07) is 5.31. The van der Waals surface area contributed by atoms with Crippen molar-refractivity contribution in [2.24, 2.45) is 5.92 Å². The van der Waals surface area contributed by atoms with Gasteiger partial charge in [-0.2, -0.15) is 0 Å². The molecule has 3 rings (SSSR count). The molecule has 1 aliphatic heterocycles. The lowest BCUT2D eigenvalue weighted by Crippen LogP contribution is -2.40. The molecule has 0 N–H and O–H groups in total. The van der Waals surface area contributed by atoms with E-state index in [1.807, 2.05) is 0 Å². The minimum absolute atomic E-state index is 0.0417. The van der Waals surface area contributed by atoms with Gasteiger partial charge in [-0.15, -0.1) is 5.10 Å². The molecule has 1 unspecified atom stereocenters. The summed E-state index contributed by atoms with van der Waals surface area (Å²) in [6.07, 6.45) is 0.624. The average Bonchev–Trinajstić information content (AvgIpc) is 3.22. The maximum atomic E-state index is 12.0. The Kier molecular flexibility index (Phi) is 6.65. The smallest absolute Gasteiger partial charge is 0.288 e. The first-order valence-electron chi connectivity index (χ1n) is 9.47. The van der Waals surface area contributed by atoms with Crippen LogP contribution in [-0.2, 0) is 16.5 Å². The highest BCUT2D eigenvalue weighted by atomic mass is 32.2. The average molecular weight is 442 g/mol. The van der Waals surface area contributed by atoms with Gasteiger partial charge in [0.1, 0.15) is 11.5 Å². The summed E-state index contributed by atoms with van der Waals surface area (Å²) in [5, 5.41) is 4.53. The molecule has 1 aromatic carbocycles. The lowest BCUT2D eigenvalue weighted by Gasteiger charge is -2.29. The van der Waals surface area contributed by atoms with Crippen LogP contribution >= 0.6 is 12.2 Å². The quantitative estimate of drug-likeness (QED) is 0.578. The van der Waals surface area contributed by atoms with Gasteiger partial charge in [-0.3, -0.25) is 4.90 Å².